The van der Waals surface area contributed by atoms with Gasteiger partial charge in [0.25, 0.3) is 0 Å². The molecule has 0 radical (unpaired) electrons. The van der Waals surface area contributed by atoms with Crippen molar-refractivity contribution in [1.29, 1.82) is 0 Å². The summed E-state index contributed by atoms with van der Waals surface area (Å²) in [5, 5.41) is 0. The lowest BCUT2D eigenvalue weighted by Gasteiger charge is -2.26. The number of anilines is 1. The Bertz CT molecular complexity index is 336. The van der Waals surface area contributed by atoms with Gasteiger partial charge in [0.05, 0.1) is 13.2 Å². The molecule has 1 fully saturated rings. The minimum Gasteiger partial charge on any atom is -0.374 e. The monoisotopic (exact) mass is 239 g/mol. The molecule has 1 aliphatic heterocycles. The molecule has 94 valence electrons. The van der Waals surface area contributed by atoms with Gasteiger partial charge in [0.2, 0.25) is 0 Å². The smallest absolute Gasteiger partial charge is 0.159 e. The van der Waals surface area contributed by atoms with E-state index in [9.17, 15) is 4.39 Å². The summed E-state index contributed by atoms with van der Waals surface area (Å²) in [5.41, 5.74) is 1.00. The number of benzene rings is 1. The van der Waals surface area contributed by atoms with Crippen molar-refractivity contribution in [1.82, 2.24) is 0 Å². The molecule has 1 aromatic carbocycles. The second kappa shape index (κ2) is 5.98. The molecule has 1 aliphatic rings. The molecular formula is C13H18FNO2. The van der Waals surface area contributed by atoms with Crippen LogP contribution in [-0.4, -0.2) is 33.1 Å². The van der Waals surface area contributed by atoms with Crippen LogP contribution in [0.1, 0.15) is 12.8 Å². The summed E-state index contributed by atoms with van der Waals surface area (Å²) in [6, 6.07) is 6.49. The van der Waals surface area contributed by atoms with Gasteiger partial charge in [0.1, 0.15) is 5.82 Å². The first-order valence-corrected chi connectivity index (χ1v) is 5.95. The molecule has 1 aromatic rings. The normalized spacial score (nSPS) is 17.1. The molecule has 0 atom stereocenters. The molecular weight excluding hydrogens is 221 g/mol. The summed E-state index contributed by atoms with van der Waals surface area (Å²) < 4.78 is 23.7. The topological polar surface area (TPSA) is 21.7 Å². The molecule has 0 unspecified atom stereocenters. The van der Waals surface area contributed by atoms with Crippen LogP contribution in [-0.2, 0) is 9.47 Å². The van der Waals surface area contributed by atoms with E-state index in [1.165, 1.54) is 12.1 Å². The Morgan fingerprint density at radius 2 is 1.88 bits per heavy atom. The highest BCUT2D eigenvalue weighted by Gasteiger charge is 2.14. The number of halogens is 1. The molecule has 2 rings (SSSR count). The van der Waals surface area contributed by atoms with Gasteiger partial charge in [-0.15, -0.1) is 0 Å². The third-order valence-electron chi connectivity index (χ3n) is 2.86. The van der Waals surface area contributed by atoms with Crippen LogP contribution >= 0.6 is 0 Å². The minimum absolute atomic E-state index is 0.0911. The fraction of sp³-hybridized carbons (Fsp3) is 0.538. The van der Waals surface area contributed by atoms with Crippen LogP contribution in [0.3, 0.4) is 0 Å². The number of hydrogen-bond donors (Lipinski definition) is 0. The van der Waals surface area contributed by atoms with Crippen LogP contribution in [0, 0.1) is 5.82 Å². The first-order chi connectivity index (χ1) is 8.25. The zero-order chi connectivity index (χ0) is 12.1. The fourth-order valence-corrected chi connectivity index (χ4v) is 1.83. The maximum Gasteiger partial charge on any atom is 0.159 e. The average Bonchev–Trinajstić information content (AvgIpc) is 2.38. The zero-order valence-corrected chi connectivity index (χ0v) is 10.1. The molecule has 1 heterocycles. The van der Waals surface area contributed by atoms with Crippen LogP contribution in [0.5, 0.6) is 0 Å². The van der Waals surface area contributed by atoms with Crippen molar-refractivity contribution >= 4 is 5.69 Å². The van der Waals surface area contributed by atoms with Gasteiger partial charge in [-0.25, -0.2) is 4.39 Å². The summed E-state index contributed by atoms with van der Waals surface area (Å²) in [6.45, 7) is 2.39. The second-order valence-electron chi connectivity index (χ2n) is 4.21. The summed E-state index contributed by atoms with van der Waals surface area (Å²) >= 11 is 0. The van der Waals surface area contributed by atoms with Gasteiger partial charge in [0, 0.05) is 25.7 Å². The Morgan fingerprint density at radius 3 is 2.53 bits per heavy atom. The highest BCUT2D eigenvalue weighted by Crippen LogP contribution is 2.15. The third kappa shape index (κ3) is 3.68. The second-order valence-corrected chi connectivity index (χ2v) is 4.21. The standard InChI is InChI=1S/C13H18FNO2/c1-15(12-5-3-11(14)4-6-12)8-7-13-16-9-2-10-17-13/h3-6,13H,2,7-10H2,1H3. The van der Waals surface area contributed by atoms with Crippen LogP contribution in [0.25, 0.3) is 0 Å². The Balaban J connectivity index is 1.80. The molecule has 0 bridgehead atoms. The van der Waals surface area contributed by atoms with Crippen LogP contribution < -0.4 is 4.90 Å². The predicted octanol–water partition coefficient (Wildman–Crippen LogP) is 2.42. The first-order valence-electron chi connectivity index (χ1n) is 5.95. The molecule has 0 spiro atoms. The van der Waals surface area contributed by atoms with Gasteiger partial charge in [-0.2, -0.15) is 0 Å². The molecule has 3 nitrogen and oxygen atoms in total. The SMILES string of the molecule is CN(CCC1OCCCO1)c1ccc(F)cc1. The predicted molar refractivity (Wildman–Crippen MR) is 64.6 cm³/mol. The van der Waals surface area contributed by atoms with E-state index in [0.29, 0.717) is 0 Å². The Kier molecular flexibility index (Phi) is 4.34. The Hall–Kier alpha value is -1.13. The molecule has 0 amide bonds. The van der Waals surface area contributed by atoms with E-state index in [1.807, 2.05) is 7.05 Å². The van der Waals surface area contributed by atoms with E-state index >= 15 is 0 Å². The summed E-state index contributed by atoms with van der Waals surface area (Å²) in [5.74, 6) is -0.207. The van der Waals surface area contributed by atoms with Crippen molar-refractivity contribution in [3.63, 3.8) is 0 Å². The van der Waals surface area contributed by atoms with Crippen molar-refractivity contribution < 1.29 is 13.9 Å². The number of ether oxygens (including phenoxy) is 2. The van der Waals surface area contributed by atoms with E-state index in [-0.39, 0.29) is 12.1 Å². The van der Waals surface area contributed by atoms with Crippen molar-refractivity contribution in [2.45, 2.75) is 19.1 Å². The lowest BCUT2D eigenvalue weighted by molar-refractivity contribution is -0.179. The van der Waals surface area contributed by atoms with Gasteiger partial charge >= 0.3 is 0 Å². The Labute approximate surface area is 101 Å². The van der Waals surface area contributed by atoms with Gasteiger partial charge < -0.3 is 14.4 Å². The largest absolute Gasteiger partial charge is 0.374 e. The average molecular weight is 239 g/mol. The molecule has 1 saturated heterocycles. The van der Waals surface area contributed by atoms with E-state index < -0.39 is 0 Å². The third-order valence-corrected chi connectivity index (χ3v) is 2.86. The molecule has 0 saturated carbocycles. The number of hydrogen-bond acceptors (Lipinski definition) is 3. The quantitative estimate of drug-likeness (QED) is 0.805. The van der Waals surface area contributed by atoms with Crippen molar-refractivity contribution in [2.75, 3.05) is 31.7 Å². The molecule has 0 aromatic heterocycles. The maximum absolute atomic E-state index is 12.8. The number of rotatable bonds is 4. The highest BCUT2D eigenvalue weighted by molar-refractivity contribution is 5.45. The van der Waals surface area contributed by atoms with Gasteiger partial charge in [-0.1, -0.05) is 0 Å². The Morgan fingerprint density at radius 1 is 1.24 bits per heavy atom. The summed E-state index contributed by atoms with van der Waals surface area (Å²) in [7, 11) is 1.98. The molecule has 0 aliphatic carbocycles. The lowest BCUT2D eigenvalue weighted by Crippen LogP contribution is -2.29. The van der Waals surface area contributed by atoms with Gasteiger partial charge in [0.15, 0.2) is 6.29 Å². The van der Waals surface area contributed by atoms with Gasteiger partial charge in [-0.05, 0) is 30.7 Å². The first kappa shape index (κ1) is 12.3. The minimum atomic E-state index is -0.207. The van der Waals surface area contributed by atoms with Crippen molar-refractivity contribution in [2.24, 2.45) is 0 Å². The number of nitrogens with zero attached hydrogens (tertiary/aromatic N) is 1. The van der Waals surface area contributed by atoms with Crippen LogP contribution in [0.15, 0.2) is 24.3 Å². The van der Waals surface area contributed by atoms with Crippen LogP contribution in [0.4, 0.5) is 10.1 Å². The lowest BCUT2D eigenvalue weighted by atomic mass is 10.2. The van der Waals surface area contributed by atoms with Crippen LogP contribution in [0.2, 0.25) is 0 Å². The summed E-state index contributed by atoms with van der Waals surface area (Å²) in [4.78, 5) is 2.07. The molecule has 4 heteroatoms. The zero-order valence-electron chi connectivity index (χ0n) is 10.1. The van der Waals surface area contributed by atoms with E-state index in [0.717, 1.165) is 38.3 Å². The molecule has 17 heavy (non-hydrogen) atoms. The van der Waals surface area contributed by atoms with Crippen molar-refractivity contribution in [3.05, 3.63) is 30.1 Å². The van der Waals surface area contributed by atoms with E-state index in [1.54, 1.807) is 12.1 Å². The summed E-state index contributed by atoms with van der Waals surface area (Å²) in [6.07, 6.45) is 1.71. The van der Waals surface area contributed by atoms with E-state index in [4.69, 9.17) is 9.47 Å². The van der Waals surface area contributed by atoms with Gasteiger partial charge in [-0.3, -0.25) is 0 Å². The van der Waals surface area contributed by atoms with Crippen molar-refractivity contribution in [3.8, 4) is 0 Å². The fourth-order valence-electron chi connectivity index (χ4n) is 1.83. The maximum atomic E-state index is 12.8. The van der Waals surface area contributed by atoms with E-state index in [2.05, 4.69) is 4.90 Å². The highest BCUT2D eigenvalue weighted by atomic mass is 19.1. The molecule has 0 N–H and O–H groups in total.